The molecule has 2 N–H and O–H groups in total. The van der Waals surface area contributed by atoms with E-state index in [9.17, 15) is 0 Å². The number of nitrogens with two attached hydrogens (primary N) is 1. The van der Waals surface area contributed by atoms with Gasteiger partial charge in [0.15, 0.2) is 0 Å². The molecule has 0 amide bonds. The number of aromatic nitrogens is 1. The van der Waals surface area contributed by atoms with E-state index in [0.717, 1.165) is 24.8 Å². The van der Waals surface area contributed by atoms with Crippen molar-refractivity contribution in [3.8, 4) is 0 Å². The molecule has 1 aliphatic carbocycles. The van der Waals surface area contributed by atoms with E-state index in [1.807, 2.05) is 24.4 Å². The third-order valence-electron chi connectivity index (χ3n) is 3.10. The average molecular weight is 198 g/mol. The molecule has 0 atom stereocenters. The van der Waals surface area contributed by atoms with Crippen LogP contribution in [0.25, 0.3) is 10.9 Å². The van der Waals surface area contributed by atoms with Crippen LogP contribution in [0.5, 0.6) is 0 Å². The molecule has 1 heterocycles. The number of rotatable bonds is 2. The standard InChI is InChI=1S/C13H14N2/c14-13(5-6-13)8-10-7-11-3-1-2-4-12(11)15-9-10/h1-4,7,9H,5-6,8,14H2. The first-order valence-electron chi connectivity index (χ1n) is 5.38. The van der Waals surface area contributed by atoms with Gasteiger partial charge in [0.25, 0.3) is 0 Å². The summed E-state index contributed by atoms with van der Waals surface area (Å²) in [7, 11) is 0. The first-order valence-corrected chi connectivity index (χ1v) is 5.38. The highest BCUT2D eigenvalue weighted by Gasteiger charge is 2.37. The number of hydrogen-bond donors (Lipinski definition) is 1. The largest absolute Gasteiger partial charge is 0.325 e. The number of nitrogens with zero attached hydrogens (tertiary/aromatic N) is 1. The fourth-order valence-corrected chi connectivity index (χ4v) is 1.96. The predicted octanol–water partition coefficient (Wildman–Crippen LogP) is 2.27. The lowest BCUT2D eigenvalue weighted by Gasteiger charge is -2.08. The molecule has 0 saturated heterocycles. The Morgan fingerprint density at radius 3 is 2.87 bits per heavy atom. The molecule has 1 saturated carbocycles. The summed E-state index contributed by atoms with van der Waals surface area (Å²) in [4.78, 5) is 4.44. The van der Waals surface area contributed by atoms with Gasteiger partial charge in [0, 0.05) is 17.1 Å². The van der Waals surface area contributed by atoms with Crippen molar-refractivity contribution in [2.75, 3.05) is 0 Å². The lowest BCUT2D eigenvalue weighted by molar-refractivity contribution is 0.671. The molecule has 0 spiro atoms. The molecule has 3 rings (SSSR count). The quantitative estimate of drug-likeness (QED) is 0.804. The lowest BCUT2D eigenvalue weighted by atomic mass is 10.1. The molecule has 1 aromatic carbocycles. The molecule has 0 radical (unpaired) electrons. The highest BCUT2D eigenvalue weighted by atomic mass is 14.8. The van der Waals surface area contributed by atoms with E-state index in [-0.39, 0.29) is 5.54 Å². The summed E-state index contributed by atoms with van der Waals surface area (Å²) in [5.74, 6) is 0. The maximum absolute atomic E-state index is 6.09. The maximum Gasteiger partial charge on any atom is 0.0702 e. The minimum atomic E-state index is 0.0735. The molecule has 0 unspecified atom stereocenters. The molecule has 76 valence electrons. The van der Waals surface area contributed by atoms with Crippen LogP contribution in [0.4, 0.5) is 0 Å². The van der Waals surface area contributed by atoms with Gasteiger partial charge < -0.3 is 5.73 Å². The summed E-state index contributed by atoms with van der Waals surface area (Å²) in [6.45, 7) is 0. The Hall–Kier alpha value is -1.41. The first-order chi connectivity index (χ1) is 7.25. The van der Waals surface area contributed by atoms with Crippen LogP contribution in [0.1, 0.15) is 18.4 Å². The minimum absolute atomic E-state index is 0.0735. The van der Waals surface area contributed by atoms with Crippen molar-refractivity contribution < 1.29 is 0 Å². The van der Waals surface area contributed by atoms with Crippen molar-refractivity contribution in [2.45, 2.75) is 24.8 Å². The Morgan fingerprint density at radius 1 is 1.27 bits per heavy atom. The second-order valence-corrected chi connectivity index (χ2v) is 4.58. The second kappa shape index (κ2) is 3.04. The molecule has 1 fully saturated rings. The highest BCUT2D eigenvalue weighted by Crippen LogP contribution is 2.35. The summed E-state index contributed by atoms with van der Waals surface area (Å²) in [6, 6.07) is 10.4. The Labute approximate surface area is 89.1 Å². The van der Waals surface area contributed by atoms with Gasteiger partial charge in [-0.25, -0.2) is 0 Å². The normalized spacial score (nSPS) is 17.9. The van der Waals surface area contributed by atoms with Gasteiger partial charge in [-0.2, -0.15) is 0 Å². The minimum Gasteiger partial charge on any atom is -0.325 e. The number of hydrogen-bond acceptors (Lipinski definition) is 2. The van der Waals surface area contributed by atoms with Gasteiger partial charge in [-0.05, 0) is 37.0 Å². The molecular weight excluding hydrogens is 184 g/mol. The van der Waals surface area contributed by atoms with Crippen LogP contribution in [0.15, 0.2) is 36.5 Å². The van der Waals surface area contributed by atoms with E-state index in [4.69, 9.17) is 5.73 Å². The van der Waals surface area contributed by atoms with Gasteiger partial charge in [0.2, 0.25) is 0 Å². The zero-order chi connectivity index (χ0) is 10.3. The molecule has 1 aliphatic rings. The van der Waals surface area contributed by atoms with E-state index in [1.54, 1.807) is 0 Å². The molecule has 1 aromatic heterocycles. The van der Waals surface area contributed by atoms with Gasteiger partial charge in [0.1, 0.15) is 0 Å². The molecule has 2 heteroatoms. The Bertz CT molecular complexity index is 501. The SMILES string of the molecule is NC1(Cc2cnc3ccccc3c2)CC1. The van der Waals surface area contributed by atoms with Crippen LogP contribution in [-0.2, 0) is 6.42 Å². The summed E-state index contributed by atoms with van der Waals surface area (Å²) < 4.78 is 0. The van der Waals surface area contributed by atoms with Crippen molar-refractivity contribution in [3.05, 3.63) is 42.1 Å². The monoisotopic (exact) mass is 198 g/mol. The van der Waals surface area contributed by atoms with Crippen molar-refractivity contribution >= 4 is 10.9 Å². The van der Waals surface area contributed by atoms with Crippen molar-refractivity contribution in [2.24, 2.45) is 5.73 Å². The van der Waals surface area contributed by atoms with E-state index < -0.39 is 0 Å². The zero-order valence-corrected chi connectivity index (χ0v) is 8.61. The summed E-state index contributed by atoms with van der Waals surface area (Å²) >= 11 is 0. The van der Waals surface area contributed by atoms with Crippen molar-refractivity contribution in [3.63, 3.8) is 0 Å². The maximum atomic E-state index is 6.09. The van der Waals surface area contributed by atoms with Gasteiger partial charge in [0.05, 0.1) is 5.52 Å². The van der Waals surface area contributed by atoms with Crippen LogP contribution in [0.3, 0.4) is 0 Å². The van der Waals surface area contributed by atoms with Crippen LogP contribution < -0.4 is 5.73 Å². The number of pyridine rings is 1. The third-order valence-corrected chi connectivity index (χ3v) is 3.10. The fraction of sp³-hybridized carbons (Fsp3) is 0.308. The Balaban J connectivity index is 1.99. The van der Waals surface area contributed by atoms with Gasteiger partial charge >= 0.3 is 0 Å². The van der Waals surface area contributed by atoms with E-state index in [2.05, 4.69) is 17.1 Å². The average Bonchev–Trinajstić information content (AvgIpc) is 2.96. The topological polar surface area (TPSA) is 38.9 Å². The number of para-hydroxylation sites is 1. The van der Waals surface area contributed by atoms with Crippen molar-refractivity contribution in [1.29, 1.82) is 0 Å². The van der Waals surface area contributed by atoms with E-state index in [0.29, 0.717) is 0 Å². The smallest absolute Gasteiger partial charge is 0.0702 e. The molecule has 0 aliphatic heterocycles. The lowest BCUT2D eigenvalue weighted by Crippen LogP contribution is -2.24. The van der Waals surface area contributed by atoms with Crippen LogP contribution in [0.2, 0.25) is 0 Å². The van der Waals surface area contributed by atoms with Crippen LogP contribution in [-0.4, -0.2) is 10.5 Å². The van der Waals surface area contributed by atoms with Crippen LogP contribution in [0, 0.1) is 0 Å². The fourth-order valence-electron chi connectivity index (χ4n) is 1.96. The third kappa shape index (κ3) is 1.73. The Morgan fingerprint density at radius 2 is 2.07 bits per heavy atom. The van der Waals surface area contributed by atoms with E-state index >= 15 is 0 Å². The first kappa shape index (κ1) is 8.86. The van der Waals surface area contributed by atoms with Gasteiger partial charge in [-0.15, -0.1) is 0 Å². The molecule has 15 heavy (non-hydrogen) atoms. The van der Waals surface area contributed by atoms with Crippen molar-refractivity contribution in [1.82, 2.24) is 4.98 Å². The summed E-state index contributed by atoms with van der Waals surface area (Å²) in [5, 5.41) is 1.21. The molecule has 0 bridgehead atoms. The van der Waals surface area contributed by atoms with E-state index in [1.165, 1.54) is 10.9 Å². The highest BCUT2D eigenvalue weighted by molar-refractivity contribution is 5.78. The van der Waals surface area contributed by atoms with Gasteiger partial charge in [-0.3, -0.25) is 4.98 Å². The second-order valence-electron chi connectivity index (χ2n) is 4.58. The van der Waals surface area contributed by atoms with Crippen LogP contribution >= 0.6 is 0 Å². The number of benzene rings is 1. The number of fused-ring (bicyclic) bond motifs is 1. The Kier molecular flexibility index (Phi) is 1.80. The summed E-state index contributed by atoms with van der Waals surface area (Å²) in [6.07, 6.45) is 5.22. The zero-order valence-electron chi connectivity index (χ0n) is 8.61. The summed E-state index contributed by atoms with van der Waals surface area (Å²) in [5.41, 5.74) is 8.48. The van der Waals surface area contributed by atoms with Gasteiger partial charge in [-0.1, -0.05) is 18.2 Å². The molecule has 2 nitrogen and oxygen atoms in total. The molecular formula is C13H14N2. The molecule has 2 aromatic rings. The predicted molar refractivity (Wildman–Crippen MR) is 61.6 cm³/mol.